The number of hydrogen-bond acceptors (Lipinski definition) is 4. The van der Waals surface area contributed by atoms with Crippen LogP contribution in [0.4, 0.5) is 0 Å². The Hall–Kier alpha value is -2.76. The quantitative estimate of drug-likeness (QED) is 0.345. The van der Waals surface area contributed by atoms with Crippen LogP contribution >= 0.6 is 0 Å². The number of phenols is 1. The van der Waals surface area contributed by atoms with Crippen LogP contribution in [0.25, 0.3) is 10.8 Å². The molecule has 0 aliphatic carbocycles. The summed E-state index contributed by atoms with van der Waals surface area (Å²) in [6.45, 7) is 2.15. The summed E-state index contributed by atoms with van der Waals surface area (Å²) in [4.78, 5) is 13.9. The number of carbonyl (C=O) groups excluding carboxylic acids is 1. The summed E-state index contributed by atoms with van der Waals surface area (Å²) >= 11 is 0. The normalized spacial score (nSPS) is 11.6. The molecule has 2 rings (SSSR count). The molecule has 6 nitrogen and oxygen atoms in total. The number of likely N-dealkylation sites (N-methyl/N-ethyl adjacent to an activating group) is 1. The van der Waals surface area contributed by atoms with Gasteiger partial charge in [-0.25, -0.2) is 0 Å². The van der Waals surface area contributed by atoms with Crippen LogP contribution in [0.3, 0.4) is 0 Å². The van der Waals surface area contributed by atoms with Crippen molar-refractivity contribution < 1.29 is 15.1 Å². The van der Waals surface area contributed by atoms with Crippen LogP contribution in [0.1, 0.15) is 17.3 Å². The van der Waals surface area contributed by atoms with E-state index in [1.54, 1.807) is 31.2 Å². The van der Waals surface area contributed by atoms with Crippen molar-refractivity contribution in [3.8, 4) is 5.75 Å². The molecule has 1 amide bonds. The Morgan fingerprint density at radius 1 is 1.29 bits per heavy atom. The Bertz CT molecular complexity index is 698. The highest BCUT2D eigenvalue weighted by Gasteiger charge is 2.20. The topological polar surface area (TPSA) is 99.1 Å². The molecule has 6 heteroatoms. The van der Waals surface area contributed by atoms with E-state index >= 15 is 0 Å². The molecule has 0 fully saturated rings. The molecule has 0 atom stereocenters. The number of nitrogens with zero attached hydrogens (tertiary/aromatic N) is 2. The Kier molecular flexibility index (Phi) is 4.27. The van der Waals surface area contributed by atoms with Crippen molar-refractivity contribution >= 4 is 22.5 Å². The number of rotatable bonds is 4. The number of fused-ring (bicyclic) bond motifs is 1. The maximum Gasteiger partial charge on any atom is 0.258 e. The number of hydrogen-bond donors (Lipinski definition) is 3. The molecular formula is C15H17N3O3. The van der Waals surface area contributed by atoms with Crippen LogP contribution in [-0.4, -0.2) is 40.0 Å². The van der Waals surface area contributed by atoms with Crippen LogP contribution in [0, 0.1) is 0 Å². The summed E-state index contributed by atoms with van der Waals surface area (Å²) in [6, 6.07) is 10.6. The second-order valence-corrected chi connectivity index (χ2v) is 4.59. The predicted molar refractivity (Wildman–Crippen MR) is 80.6 cm³/mol. The minimum Gasteiger partial charge on any atom is -0.506 e. The van der Waals surface area contributed by atoms with Crippen molar-refractivity contribution in [1.82, 2.24) is 4.90 Å². The third-order valence-electron chi connectivity index (χ3n) is 3.28. The molecule has 0 radical (unpaired) electrons. The van der Waals surface area contributed by atoms with Crippen LogP contribution in [0.5, 0.6) is 5.75 Å². The molecule has 0 aliphatic rings. The van der Waals surface area contributed by atoms with Crippen molar-refractivity contribution in [2.75, 3.05) is 13.1 Å². The zero-order valence-electron chi connectivity index (χ0n) is 11.7. The van der Waals surface area contributed by atoms with Crippen LogP contribution < -0.4 is 5.73 Å². The number of benzene rings is 2. The summed E-state index contributed by atoms with van der Waals surface area (Å²) in [6.07, 6.45) is 0. The zero-order chi connectivity index (χ0) is 15.4. The van der Waals surface area contributed by atoms with Crippen molar-refractivity contribution in [3.63, 3.8) is 0 Å². The van der Waals surface area contributed by atoms with E-state index in [0.717, 1.165) is 5.39 Å². The average Bonchev–Trinajstić information content (AvgIpc) is 2.52. The summed E-state index contributed by atoms with van der Waals surface area (Å²) in [5, 5.41) is 23.2. The predicted octanol–water partition coefficient (Wildman–Crippen LogP) is 1.75. The average molecular weight is 287 g/mol. The SMILES string of the molecule is CCN(CC(N)=NO)C(=O)c1ccc2ccccc2c1O. The smallest absolute Gasteiger partial charge is 0.258 e. The van der Waals surface area contributed by atoms with Crippen molar-refractivity contribution in [1.29, 1.82) is 0 Å². The Balaban J connectivity index is 2.40. The van der Waals surface area contributed by atoms with Crippen molar-refractivity contribution in [3.05, 3.63) is 42.0 Å². The van der Waals surface area contributed by atoms with Crippen LogP contribution in [0.15, 0.2) is 41.6 Å². The van der Waals surface area contributed by atoms with Gasteiger partial charge in [0, 0.05) is 11.9 Å². The number of amidine groups is 1. The highest BCUT2D eigenvalue weighted by Crippen LogP contribution is 2.29. The fourth-order valence-electron chi connectivity index (χ4n) is 2.15. The van der Waals surface area contributed by atoms with Gasteiger partial charge >= 0.3 is 0 Å². The molecule has 110 valence electrons. The maximum absolute atomic E-state index is 12.5. The first-order chi connectivity index (χ1) is 10.1. The first-order valence-corrected chi connectivity index (χ1v) is 6.54. The lowest BCUT2D eigenvalue weighted by Gasteiger charge is -2.20. The highest BCUT2D eigenvalue weighted by molar-refractivity contribution is 6.04. The van der Waals surface area contributed by atoms with Gasteiger partial charge in [0.2, 0.25) is 0 Å². The Labute approximate surface area is 122 Å². The van der Waals surface area contributed by atoms with Crippen molar-refractivity contribution in [2.24, 2.45) is 10.9 Å². The molecular weight excluding hydrogens is 270 g/mol. The van der Waals surface area contributed by atoms with Gasteiger partial charge < -0.3 is 20.9 Å². The van der Waals surface area contributed by atoms with E-state index in [1.807, 2.05) is 12.1 Å². The molecule has 0 heterocycles. The molecule has 0 saturated carbocycles. The minimum atomic E-state index is -0.368. The van der Waals surface area contributed by atoms with Gasteiger partial charge in [0.15, 0.2) is 5.84 Å². The Morgan fingerprint density at radius 2 is 2.00 bits per heavy atom. The molecule has 2 aromatic carbocycles. The number of nitrogens with two attached hydrogens (primary N) is 1. The van der Waals surface area contributed by atoms with E-state index in [-0.39, 0.29) is 29.6 Å². The van der Waals surface area contributed by atoms with Gasteiger partial charge in [-0.2, -0.15) is 0 Å². The fraction of sp³-hybridized carbons (Fsp3) is 0.200. The van der Waals surface area contributed by atoms with Gasteiger partial charge in [-0.15, -0.1) is 0 Å². The summed E-state index contributed by atoms with van der Waals surface area (Å²) < 4.78 is 0. The van der Waals surface area contributed by atoms with Gasteiger partial charge in [-0.3, -0.25) is 4.79 Å². The summed E-state index contributed by atoms with van der Waals surface area (Å²) in [5.41, 5.74) is 5.63. The lowest BCUT2D eigenvalue weighted by Crippen LogP contribution is -2.38. The van der Waals surface area contributed by atoms with Crippen molar-refractivity contribution in [2.45, 2.75) is 6.92 Å². The molecule has 0 spiro atoms. The third kappa shape index (κ3) is 2.89. The standard InChI is InChI=1S/C15H17N3O3/c1-2-18(9-13(16)17-21)15(20)12-8-7-10-5-3-4-6-11(10)14(12)19/h3-8,19,21H,2,9H2,1H3,(H2,16,17). The molecule has 4 N–H and O–H groups in total. The number of phenolic OH excluding ortho intramolecular Hbond substituents is 1. The monoisotopic (exact) mass is 287 g/mol. The van der Waals surface area contributed by atoms with Gasteiger partial charge in [-0.1, -0.05) is 35.5 Å². The van der Waals surface area contributed by atoms with Gasteiger partial charge in [0.1, 0.15) is 5.75 Å². The lowest BCUT2D eigenvalue weighted by molar-refractivity contribution is 0.0783. The molecule has 0 bridgehead atoms. The number of oxime groups is 1. The molecule has 2 aromatic rings. The third-order valence-corrected chi connectivity index (χ3v) is 3.28. The first kappa shape index (κ1) is 14.6. The van der Waals surface area contributed by atoms with Gasteiger partial charge in [-0.05, 0) is 18.4 Å². The second-order valence-electron chi connectivity index (χ2n) is 4.59. The van der Waals surface area contributed by atoms with Gasteiger partial charge in [0.25, 0.3) is 5.91 Å². The van der Waals surface area contributed by atoms with Gasteiger partial charge in [0.05, 0.1) is 12.1 Å². The van der Waals surface area contributed by atoms with E-state index in [1.165, 1.54) is 4.90 Å². The molecule has 21 heavy (non-hydrogen) atoms. The minimum absolute atomic E-state index is 0.00188. The molecule has 0 aliphatic heterocycles. The molecule has 0 aromatic heterocycles. The van der Waals surface area contributed by atoms with E-state index in [9.17, 15) is 9.90 Å². The van der Waals surface area contributed by atoms with E-state index in [2.05, 4.69) is 5.16 Å². The van der Waals surface area contributed by atoms with Crippen LogP contribution in [0.2, 0.25) is 0 Å². The fourth-order valence-corrected chi connectivity index (χ4v) is 2.15. The summed E-state index contributed by atoms with van der Waals surface area (Å²) in [5.74, 6) is -0.492. The highest BCUT2D eigenvalue weighted by atomic mass is 16.4. The first-order valence-electron chi connectivity index (χ1n) is 6.54. The second kappa shape index (κ2) is 6.13. The zero-order valence-corrected chi connectivity index (χ0v) is 11.7. The Morgan fingerprint density at radius 3 is 2.67 bits per heavy atom. The molecule has 0 unspecified atom stereocenters. The number of amides is 1. The van der Waals surface area contributed by atoms with E-state index < -0.39 is 0 Å². The lowest BCUT2D eigenvalue weighted by atomic mass is 10.0. The molecule has 0 saturated heterocycles. The maximum atomic E-state index is 12.5. The largest absolute Gasteiger partial charge is 0.506 e. The van der Waals surface area contributed by atoms with E-state index in [0.29, 0.717) is 11.9 Å². The number of carbonyl (C=O) groups is 1. The van der Waals surface area contributed by atoms with Crippen LogP contribution in [-0.2, 0) is 0 Å². The number of aromatic hydroxyl groups is 1. The summed E-state index contributed by atoms with van der Waals surface area (Å²) in [7, 11) is 0. The van der Waals surface area contributed by atoms with E-state index in [4.69, 9.17) is 10.9 Å².